The van der Waals surface area contributed by atoms with Gasteiger partial charge >= 0.3 is 6.03 Å². The van der Waals surface area contributed by atoms with Gasteiger partial charge in [-0.1, -0.05) is 29.3 Å². The van der Waals surface area contributed by atoms with Crippen molar-refractivity contribution in [2.24, 2.45) is 0 Å². The lowest BCUT2D eigenvalue weighted by Gasteiger charge is -2.37. The number of nitrogens with one attached hydrogen (secondary N) is 2. The lowest BCUT2D eigenvalue weighted by Crippen LogP contribution is -2.46. The van der Waals surface area contributed by atoms with Crippen molar-refractivity contribution in [2.75, 3.05) is 32.6 Å². The summed E-state index contributed by atoms with van der Waals surface area (Å²) in [6.45, 7) is 2.26. The van der Waals surface area contributed by atoms with Crippen LogP contribution in [0.5, 0.6) is 11.5 Å². The van der Waals surface area contributed by atoms with Crippen LogP contribution in [0, 0.1) is 6.92 Å². The zero-order chi connectivity index (χ0) is 25.9. The molecule has 0 spiro atoms. The molecule has 0 aliphatic carbocycles. The molecule has 3 aromatic carbocycles. The van der Waals surface area contributed by atoms with Crippen LogP contribution in [0.2, 0.25) is 5.02 Å². The molecule has 0 saturated carbocycles. The highest BCUT2D eigenvalue weighted by Crippen LogP contribution is 2.38. The second kappa shape index (κ2) is 10.8. The van der Waals surface area contributed by atoms with Gasteiger partial charge in [-0.15, -0.1) is 0 Å². The van der Waals surface area contributed by atoms with Crippen molar-refractivity contribution in [3.05, 3.63) is 82.4 Å². The van der Waals surface area contributed by atoms with Crippen LogP contribution in [0.4, 0.5) is 10.5 Å². The van der Waals surface area contributed by atoms with Crippen molar-refractivity contribution < 1.29 is 22.7 Å². The SMILES string of the molecule is COc1cc2c(cc1OC)C(CNS(=O)(=O)c1ccc(C)cc1)N(C(=O)Nc1ccc(Cl)cc1)CC2. The first kappa shape index (κ1) is 25.8. The molecule has 0 aromatic heterocycles. The molecule has 1 atom stereocenters. The van der Waals surface area contributed by atoms with Gasteiger partial charge in [0.2, 0.25) is 10.0 Å². The van der Waals surface area contributed by atoms with Gasteiger partial charge in [0.1, 0.15) is 0 Å². The molecule has 1 aliphatic heterocycles. The lowest BCUT2D eigenvalue weighted by atomic mass is 9.92. The highest BCUT2D eigenvalue weighted by Gasteiger charge is 2.33. The fraction of sp³-hybridized carbons (Fsp3) is 0.269. The van der Waals surface area contributed by atoms with E-state index in [1.54, 1.807) is 66.6 Å². The summed E-state index contributed by atoms with van der Waals surface area (Å²) in [6.07, 6.45) is 0.574. The molecule has 3 aromatic rings. The number of fused-ring (bicyclic) bond motifs is 1. The Hall–Kier alpha value is -3.27. The molecule has 0 bridgehead atoms. The number of carbonyl (C=O) groups excluding carboxylic acids is 1. The number of sulfonamides is 1. The van der Waals surface area contributed by atoms with Crippen LogP contribution in [0.1, 0.15) is 22.7 Å². The molecular formula is C26H28ClN3O5S. The molecular weight excluding hydrogens is 502 g/mol. The number of aryl methyl sites for hydroxylation is 1. The number of benzene rings is 3. The van der Waals surface area contributed by atoms with Crippen LogP contribution in [0.25, 0.3) is 0 Å². The van der Waals surface area contributed by atoms with Gasteiger partial charge in [0.25, 0.3) is 0 Å². The Morgan fingerprint density at radius 2 is 1.67 bits per heavy atom. The number of halogens is 1. The third-order valence-corrected chi connectivity index (χ3v) is 7.85. The van der Waals surface area contributed by atoms with Gasteiger partial charge in [0, 0.05) is 23.8 Å². The Balaban J connectivity index is 1.66. The summed E-state index contributed by atoms with van der Waals surface area (Å²) in [5, 5.41) is 3.44. The summed E-state index contributed by atoms with van der Waals surface area (Å²) in [7, 11) is -0.703. The molecule has 0 saturated heterocycles. The van der Waals surface area contributed by atoms with E-state index in [4.69, 9.17) is 21.1 Å². The van der Waals surface area contributed by atoms with Crippen LogP contribution in [0.15, 0.2) is 65.6 Å². The van der Waals surface area contributed by atoms with Crippen molar-refractivity contribution in [2.45, 2.75) is 24.3 Å². The van der Waals surface area contributed by atoms with E-state index in [2.05, 4.69) is 10.0 Å². The molecule has 2 N–H and O–H groups in total. The molecule has 0 fully saturated rings. The summed E-state index contributed by atoms with van der Waals surface area (Å²) >= 11 is 5.96. The van der Waals surface area contributed by atoms with E-state index in [0.717, 1.165) is 16.7 Å². The molecule has 36 heavy (non-hydrogen) atoms. The van der Waals surface area contributed by atoms with Crippen molar-refractivity contribution in [3.63, 3.8) is 0 Å². The fourth-order valence-corrected chi connectivity index (χ4v) is 5.37. The number of rotatable bonds is 7. The van der Waals surface area contributed by atoms with E-state index in [1.807, 2.05) is 13.0 Å². The Morgan fingerprint density at radius 3 is 2.31 bits per heavy atom. The van der Waals surface area contributed by atoms with Crippen LogP contribution < -0.4 is 19.5 Å². The van der Waals surface area contributed by atoms with Crippen molar-refractivity contribution in [1.82, 2.24) is 9.62 Å². The van der Waals surface area contributed by atoms with E-state index in [-0.39, 0.29) is 17.5 Å². The van der Waals surface area contributed by atoms with Crippen molar-refractivity contribution >= 4 is 33.3 Å². The molecule has 1 aliphatic rings. The number of hydrogen-bond acceptors (Lipinski definition) is 5. The van der Waals surface area contributed by atoms with Crippen LogP contribution in [0.3, 0.4) is 0 Å². The molecule has 10 heteroatoms. The van der Waals surface area contributed by atoms with Crippen LogP contribution >= 0.6 is 11.6 Å². The summed E-state index contributed by atoms with van der Waals surface area (Å²) < 4.78 is 39.7. The topological polar surface area (TPSA) is 97.0 Å². The Bertz CT molecular complexity index is 1350. The zero-order valence-electron chi connectivity index (χ0n) is 20.2. The Kier molecular flexibility index (Phi) is 7.73. The first-order chi connectivity index (χ1) is 17.2. The minimum Gasteiger partial charge on any atom is -0.493 e. The number of hydrogen-bond donors (Lipinski definition) is 2. The van der Waals surface area contributed by atoms with Gasteiger partial charge in [0.05, 0.1) is 25.2 Å². The molecule has 1 heterocycles. The third kappa shape index (κ3) is 5.59. The smallest absolute Gasteiger partial charge is 0.322 e. The number of urea groups is 1. The van der Waals surface area contributed by atoms with E-state index in [9.17, 15) is 13.2 Å². The quantitative estimate of drug-likeness (QED) is 0.459. The molecule has 190 valence electrons. The number of nitrogens with zero attached hydrogens (tertiary/aromatic N) is 1. The van der Waals surface area contributed by atoms with Gasteiger partial charge in [-0.2, -0.15) is 0 Å². The second-order valence-corrected chi connectivity index (χ2v) is 10.7. The monoisotopic (exact) mass is 529 g/mol. The normalized spacial score (nSPS) is 15.2. The van der Waals surface area contributed by atoms with Crippen molar-refractivity contribution in [1.29, 1.82) is 0 Å². The maximum Gasteiger partial charge on any atom is 0.322 e. The van der Waals surface area contributed by atoms with E-state index in [0.29, 0.717) is 35.2 Å². The minimum atomic E-state index is -3.80. The number of ether oxygens (including phenoxy) is 2. The predicted octanol–water partition coefficient (Wildman–Crippen LogP) is 4.78. The maximum absolute atomic E-state index is 13.3. The third-order valence-electron chi connectivity index (χ3n) is 6.16. The van der Waals surface area contributed by atoms with Crippen LogP contribution in [-0.4, -0.2) is 46.7 Å². The first-order valence-electron chi connectivity index (χ1n) is 11.4. The predicted molar refractivity (Wildman–Crippen MR) is 140 cm³/mol. The van der Waals surface area contributed by atoms with E-state index in [1.165, 1.54) is 7.11 Å². The molecule has 1 unspecified atom stereocenters. The Morgan fingerprint density at radius 1 is 1.03 bits per heavy atom. The summed E-state index contributed by atoms with van der Waals surface area (Å²) in [5.41, 5.74) is 3.29. The fourth-order valence-electron chi connectivity index (χ4n) is 4.21. The molecule has 4 rings (SSSR count). The number of methoxy groups -OCH3 is 2. The Labute approximate surface area is 216 Å². The van der Waals surface area contributed by atoms with E-state index < -0.39 is 16.1 Å². The van der Waals surface area contributed by atoms with E-state index >= 15 is 0 Å². The summed E-state index contributed by atoms with van der Waals surface area (Å²) in [5.74, 6) is 1.08. The number of carbonyl (C=O) groups is 1. The standard InChI is InChI=1S/C26H28ClN3O5S/c1-17-4-10-21(11-5-17)36(32,33)28-16-23-22-15-25(35-3)24(34-2)14-18(22)12-13-30(23)26(31)29-20-8-6-19(27)7-9-20/h4-11,14-15,23,28H,12-13,16H2,1-3H3,(H,29,31). The molecule has 0 radical (unpaired) electrons. The average molecular weight is 530 g/mol. The van der Waals surface area contributed by atoms with Crippen molar-refractivity contribution in [3.8, 4) is 11.5 Å². The maximum atomic E-state index is 13.3. The van der Waals surface area contributed by atoms with Gasteiger partial charge < -0.3 is 19.7 Å². The number of amides is 2. The molecule has 8 nitrogen and oxygen atoms in total. The number of anilines is 1. The minimum absolute atomic E-state index is 0.0211. The largest absolute Gasteiger partial charge is 0.493 e. The van der Waals surface area contributed by atoms with Gasteiger partial charge in [-0.25, -0.2) is 17.9 Å². The first-order valence-corrected chi connectivity index (χ1v) is 13.2. The molecule has 2 amide bonds. The average Bonchev–Trinajstić information content (AvgIpc) is 2.87. The lowest BCUT2D eigenvalue weighted by molar-refractivity contribution is 0.183. The highest BCUT2D eigenvalue weighted by molar-refractivity contribution is 7.89. The summed E-state index contributed by atoms with van der Waals surface area (Å²) in [4.78, 5) is 15.1. The van der Waals surface area contributed by atoms with Crippen LogP contribution in [-0.2, 0) is 16.4 Å². The summed E-state index contributed by atoms with van der Waals surface area (Å²) in [6, 6.07) is 16.2. The zero-order valence-corrected chi connectivity index (χ0v) is 21.8. The van der Waals surface area contributed by atoms with Gasteiger partial charge in [-0.3, -0.25) is 0 Å². The second-order valence-electron chi connectivity index (χ2n) is 8.47. The van der Waals surface area contributed by atoms with Gasteiger partial charge in [0.15, 0.2) is 11.5 Å². The highest BCUT2D eigenvalue weighted by atomic mass is 35.5. The van der Waals surface area contributed by atoms with Gasteiger partial charge in [-0.05, 0) is 73.0 Å².